The molecule has 0 saturated heterocycles. The molecule has 2 aromatic rings. The lowest BCUT2D eigenvalue weighted by Crippen LogP contribution is -2.01. The average molecular weight is 239 g/mol. The Morgan fingerprint density at radius 1 is 1.11 bits per heavy atom. The third-order valence-electron chi connectivity index (χ3n) is 2.58. The van der Waals surface area contributed by atoms with Crippen molar-refractivity contribution >= 4 is 18.1 Å². The Morgan fingerprint density at radius 2 is 1.83 bits per heavy atom. The van der Waals surface area contributed by atoms with Crippen LogP contribution in [0.1, 0.15) is 27.3 Å². The largest absolute Gasteiger partial charge is 0.478 e. The molecular formula is C15H13NO2. The van der Waals surface area contributed by atoms with E-state index in [1.54, 1.807) is 19.1 Å². The first-order valence-electron chi connectivity index (χ1n) is 5.61. The zero-order valence-corrected chi connectivity index (χ0v) is 10.00. The van der Waals surface area contributed by atoms with E-state index in [-0.39, 0.29) is 5.56 Å². The van der Waals surface area contributed by atoms with Crippen LogP contribution in [-0.4, -0.2) is 16.1 Å². The fourth-order valence-corrected chi connectivity index (χ4v) is 1.65. The van der Waals surface area contributed by atoms with Gasteiger partial charge < -0.3 is 5.11 Å². The minimum absolute atomic E-state index is 0.242. The highest BCUT2D eigenvalue weighted by atomic mass is 16.4. The lowest BCUT2D eigenvalue weighted by molar-refractivity contribution is 0.0695. The molecule has 0 radical (unpaired) electrons. The van der Waals surface area contributed by atoms with Gasteiger partial charge in [0.15, 0.2) is 0 Å². The van der Waals surface area contributed by atoms with Gasteiger partial charge in [-0.1, -0.05) is 36.4 Å². The highest BCUT2D eigenvalue weighted by Crippen LogP contribution is 2.10. The number of benzene rings is 1. The first kappa shape index (κ1) is 12.0. The summed E-state index contributed by atoms with van der Waals surface area (Å²) in [4.78, 5) is 15.1. The third-order valence-corrected chi connectivity index (χ3v) is 2.58. The highest BCUT2D eigenvalue weighted by molar-refractivity contribution is 5.89. The summed E-state index contributed by atoms with van der Waals surface area (Å²) in [6.45, 7) is 1.70. The van der Waals surface area contributed by atoms with E-state index in [4.69, 9.17) is 5.11 Å². The Kier molecular flexibility index (Phi) is 3.53. The summed E-state index contributed by atoms with van der Waals surface area (Å²) in [7, 11) is 0. The van der Waals surface area contributed by atoms with E-state index in [0.717, 1.165) is 11.3 Å². The summed E-state index contributed by atoms with van der Waals surface area (Å²) in [5, 5.41) is 8.91. The molecule has 0 bridgehead atoms. The van der Waals surface area contributed by atoms with Gasteiger partial charge >= 0.3 is 5.97 Å². The quantitative estimate of drug-likeness (QED) is 0.894. The van der Waals surface area contributed by atoms with Crippen molar-refractivity contribution in [3.05, 3.63) is 65.0 Å². The molecule has 0 saturated carbocycles. The Labute approximate surface area is 105 Å². The summed E-state index contributed by atoms with van der Waals surface area (Å²) in [6, 6.07) is 13.2. The maximum absolute atomic E-state index is 10.9. The van der Waals surface area contributed by atoms with Gasteiger partial charge in [0.25, 0.3) is 0 Å². The molecule has 3 nitrogen and oxygen atoms in total. The first-order chi connectivity index (χ1) is 8.66. The van der Waals surface area contributed by atoms with Gasteiger partial charge in [0.1, 0.15) is 0 Å². The minimum atomic E-state index is -0.946. The second-order valence-corrected chi connectivity index (χ2v) is 3.92. The number of aromatic nitrogens is 1. The van der Waals surface area contributed by atoms with E-state index in [1.165, 1.54) is 0 Å². The fourth-order valence-electron chi connectivity index (χ4n) is 1.65. The van der Waals surface area contributed by atoms with E-state index in [1.807, 2.05) is 42.5 Å². The van der Waals surface area contributed by atoms with Crippen LogP contribution in [-0.2, 0) is 0 Å². The van der Waals surface area contributed by atoms with Crippen molar-refractivity contribution in [3.8, 4) is 0 Å². The van der Waals surface area contributed by atoms with Crippen molar-refractivity contribution in [2.24, 2.45) is 0 Å². The van der Waals surface area contributed by atoms with Crippen LogP contribution in [0.15, 0.2) is 42.5 Å². The lowest BCUT2D eigenvalue weighted by Gasteiger charge is -2.00. The van der Waals surface area contributed by atoms with Gasteiger partial charge in [-0.3, -0.25) is 4.98 Å². The maximum atomic E-state index is 10.9. The summed E-state index contributed by atoms with van der Waals surface area (Å²) in [5.41, 5.74) is 2.60. The molecule has 1 aromatic carbocycles. The normalized spacial score (nSPS) is 10.7. The van der Waals surface area contributed by atoms with Crippen LogP contribution in [0.5, 0.6) is 0 Å². The van der Waals surface area contributed by atoms with Crippen LogP contribution < -0.4 is 0 Å². The zero-order valence-electron chi connectivity index (χ0n) is 10.00. The number of hydrogen-bond donors (Lipinski definition) is 1. The number of carboxylic acids is 1. The molecule has 0 amide bonds. The number of pyridine rings is 1. The smallest absolute Gasteiger partial charge is 0.337 e. The molecule has 90 valence electrons. The maximum Gasteiger partial charge on any atom is 0.337 e. The Balaban J connectivity index is 2.23. The second-order valence-electron chi connectivity index (χ2n) is 3.92. The van der Waals surface area contributed by atoms with E-state index in [0.29, 0.717) is 5.69 Å². The van der Waals surface area contributed by atoms with E-state index < -0.39 is 5.97 Å². The van der Waals surface area contributed by atoms with E-state index in [2.05, 4.69) is 4.98 Å². The molecule has 0 fully saturated rings. The molecule has 0 atom stereocenters. The molecule has 2 rings (SSSR count). The third kappa shape index (κ3) is 2.83. The van der Waals surface area contributed by atoms with Crippen LogP contribution in [0.2, 0.25) is 0 Å². The second kappa shape index (κ2) is 5.27. The molecule has 18 heavy (non-hydrogen) atoms. The number of hydrogen-bond acceptors (Lipinski definition) is 2. The van der Waals surface area contributed by atoms with Crippen LogP contribution >= 0.6 is 0 Å². The van der Waals surface area contributed by atoms with Gasteiger partial charge in [-0.25, -0.2) is 4.79 Å². The van der Waals surface area contributed by atoms with E-state index >= 15 is 0 Å². The van der Waals surface area contributed by atoms with Gasteiger partial charge in [0.2, 0.25) is 0 Å². The Morgan fingerprint density at radius 3 is 2.44 bits per heavy atom. The van der Waals surface area contributed by atoms with Crippen molar-refractivity contribution in [3.63, 3.8) is 0 Å². The molecule has 3 heteroatoms. The van der Waals surface area contributed by atoms with Crippen molar-refractivity contribution in [2.45, 2.75) is 6.92 Å². The van der Waals surface area contributed by atoms with Gasteiger partial charge in [-0.15, -0.1) is 0 Å². The lowest BCUT2D eigenvalue weighted by atomic mass is 10.1. The van der Waals surface area contributed by atoms with Crippen molar-refractivity contribution in [1.82, 2.24) is 4.98 Å². The minimum Gasteiger partial charge on any atom is -0.478 e. The number of carboxylic acid groups (broad SMARTS) is 1. The number of rotatable bonds is 3. The standard InChI is InChI=1S/C15H13NO2/c1-11-14(15(17)18)10-9-13(16-11)8-7-12-5-3-2-4-6-12/h2-10H,1H3,(H,17,18)/b8-7+. The molecule has 1 heterocycles. The Bertz CT molecular complexity index is 589. The van der Waals surface area contributed by atoms with Crippen LogP contribution in [0.4, 0.5) is 0 Å². The predicted octanol–water partition coefficient (Wildman–Crippen LogP) is 3.26. The molecule has 0 spiro atoms. The highest BCUT2D eigenvalue weighted by Gasteiger charge is 2.07. The number of carbonyl (C=O) groups is 1. The van der Waals surface area contributed by atoms with Gasteiger partial charge in [0, 0.05) is 0 Å². The summed E-state index contributed by atoms with van der Waals surface area (Å²) in [5.74, 6) is -0.946. The molecule has 1 aromatic heterocycles. The van der Waals surface area contributed by atoms with E-state index in [9.17, 15) is 4.79 Å². The van der Waals surface area contributed by atoms with Crippen molar-refractivity contribution in [1.29, 1.82) is 0 Å². The number of aromatic carboxylic acids is 1. The SMILES string of the molecule is Cc1nc(/C=C/c2ccccc2)ccc1C(=O)O. The Hall–Kier alpha value is -2.42. The van der Waals surface area contributed by atoms with Crippen LogP contribution in [0.25, 0.3) is 12.2 Å². The van der Waals surface area contributed by atoms with Crippen molar-refractivity contribution < 1.29 is 9.90 Å². The molecule has 1 N–H and O–H groups in total. The molecule has 0 aliphatic heterocycles. The summed E-state index contributed by atoms with van der Waals surface area (Å²) in [6.07, 6.45) is 3.82. The monoisotopic (exact) mass is 239 g/mol. The van der Waals surface area contributed by atoms with Gasteiger partial charge in [0.05, 0.1) is 17.0 Å². The molecule has 0 aliphatic carbocycles. The molecule has 0 aliphatic rings. The fraction of sp³-hybridized carbons (Fsp3) is 0.0667. The number of nitrogens with zero attached hydrogens (tertiary/aromatic N) is 1. The van der Waals surface area contributed by atoms with Crippen LogP contribution in [0, 0.1) is 6.92 Å². The predicted molar refractivity (Wildman–Crippen MR) is 71.3 cm³/mol. The molecule has 0 unspecified atom stereocenters. The zero-order chi connectivity index (χ0) is 13.0. The summed E-state index contributed by atoms with van der Waals surface area (Å²) < 4.78 is 0. The number of aryl methyl sites for hydroxylation is 1. The summed E-state index contributed by atoms with van der Waals surface area (Å²) >= 11 is 0. The van der Waals surface area contributed by atoms with Crippen LogP contribution in [0.3, 0.4) is 0 Å². The average Bonchev–Trinajstić information content (AvgIpc) is 2.37. The van der Waals surface area contributed by atoms with Gasteiger partial charge in [-0.05, 0) is 30.7 Å². The first-order valence-corrected chi connectivity index (χ1v) is 5.61. The topological polar surface area (TPSA) is 50.2 Å². The van der Waals surface area contributed by atoms with Crippen molar-refractivity contribution in [2.75, 3.05) is 0 Å². The van der Waals surface area contributed by atoms with Gasteiger partial charge in [-0.2, -0.15) is 0 Å². The molecular weight excluding hydrogens is 226 g/mol.